The van der Waals surface area contributed by atoms with Gasteiger partial charge in [0.05, 0.1) is 0 Å². The van der Waals surface area contributed by atoms with Gasteiger partial charge in [0.15, 0.2) is 0 Å². The fourth-order valence-electron chi connectivity index (χ4n) is 3.21. The van der Waals surface area contributed by atoms with E-state index in [1.54, 1.807) is 0 Å². The molecule has 3 heteroatoms. The van der Waals surface area contributed by atoms with Gasteiger partial charge in [-0.3, -0.25) is 4.79 Å². The molecular formula is C16H22N2O. The minimum atomic E-state index is 0.180. The van der Waals surface area contributed by atoms with Crippen LogP contribution in [0.2, 0.25) is 0 Å². The summed E-state index contributed by atoms with van der Waals surface area (Å²) < 4.78 is 0. The Labute approximate surface area is 115 Å². The Hall–Kier alpha value is -1.35. The molecule has 1 saturated carbocycles. The van der Waals surface area contributed by atoms with Crippen molar-refractivity contribution in [1.29, 1.82) is 0 Å². The smallest absolute Gasteiger partial charge is 0.253 e. The fraction of sp³-hybridized carbons (Fsp3) is 0.562. The number of nitrogens with one attached hydrogen (secondary N) is 1. The van der Waals surface area contributed by atoms with Crippen molar-refractivity contribution in [1.82, 2.24) is 10.2 Å². The van der Waals surface area contributed by atoms with Crippen LogP contribution in [0.15, 0.2) is 24.3 Å². The lowest BCUT2D eigenvalue weighted by molar-refractivity contribution is 0.0736. The number of hydrogen-bond acceptors (Lipinski definition) is 2. The summed E-state index contributed by atoms with van der Waals surface area (Å²) in [5, 5.41) is 3.27. The molecule has 19 heavy (non-hydrogen) atoms. The summed E-state index contributed by atoms with van der Waals surface area (Å²) in [5.74, 6) is 0.905. The zero-order valence-corrected chi connectivity index (χ0v) is 11.4. The van der Waals surface area contributed by atoms with Crippen molar-refractivity contribution in [2.24, 2.45) is 0 Å². The minimum Gasteiger partial charge on any atom is -0.336 e. The van der Waals surface area contributed by atoms with E-state index in [0.29, 0.717) is 0 Å². The summed E-state index contributed by atoms with van der Waals surface area (Å²) in [4.78, 5) is 14.3. The minimum absolute atomic E-state index is 0.180. The second-order valence-corrected chi connectivity index (χ2v) is 5.65. The molecule has 1 aromatic carbocycles. The molecule has 0 bridgehead atoms. The van der Waals surface area contributed by atoms with Crippen molar-refractivity contribution < 1.29 is 4.79 Å². The third-order valence-electron chi connectivity index (χ3n) is 4.39. The summed E-state index contributed by atoms with van der Waals surface area (Å²) in [6.07, 6.45) is 5.33. The molecule has 3 nitrogen and oxygen atoms in total. The molecular weight excluding hydrogens is 236 g/mol. The second kappa shape index (κ2) is 5.74. The van der Waals surface area contributed by atoms with Crippen LogP contribution in [0.25, 0.3) is 0 Å². The topological polar surface area (TPSA) is 32.3 Å². The van der Waals surface area contributed by atoms with Gasteiger partial charge in [-0.2, -0.15) is 0 Å². The van der Waals surface area contributed by atoms with Crippen molar-refractivity contribution >= 4 is 5.91 Å². The first-order valence-corrected chi connectivity index (χ1v) is 7.44. The first kappa shape index (κ1) is 12.7. The quantitative estimate of drug-likeness (QED) is 0.883. The van der Waals surface area contributed by atoms with Gasteiger partial charge in [0, 0.05) is 31.7 Å². The molecule has 0 aromatic heterocycles. The predicted octanol–water partition coefficient (Wildman–Crippen LogP) is 2.39. The molecule has 1 aliphatic heterocycles. The van der Waals surface area contributed by atoms with Crippen molar-refractivity contribution in [3.8, 4) is 0 Å². The molecule has 3 rings (SSSR count). The van der Waals surface area contributed by atoms with Gasteiger partial charge in [0.2, 0.25) is 0 Å². The largest absolute Gasteiger partial charge is 0.336 e. The lowest BCUT2D eigenvalue weighted by atomic mass is 9.96. The number of rotatable bonds is 2. The van der Waals surface area contributed by atoms with Crippen LogP contribution in [0, 0.1) is 0 Å². The molecule has 1 aliphatic carbocycles. The van der Waals surface area contributed by atoms with Gasteiger partial charge in [-0.05, 0) is 36.5 Å². The zero-order valence-electron chi connectivity index (χ0n) is 11.4. The number of amides is 1. The first-order chi connectivity index (χ1) is 9.34. The Bertz CT molecular complexity index is 429. The maximum absolute atomic E-state index is 12.3. The first-order valence-electron chi connectivity index (χ1n) is 7.44. The number of benzene rings is 1. The normalized spacial score (nSPS) is 20.7. The number of carbonyl (C=O) groups excluding carboxylic acids is 1. The Balaban J connectivity index is 1.69. The van der Waals surface area contributed by atoms with Gasteiger partial charge in [-0.25, -0.2) is 0 Å². The van der Waals surface area contributed by atoms with Gasteiger partial charge < -0.3 is 10.2 Å². The molecule has 2 fully saturated rings. The van der Waals surface area contributed by atoms with Gasteiger partial charge in [-0.15, -0.1) is 0 Å². The van der Waals surface area contributed by atoms with Crippen molar-refractivity contribution in [3.63, 3.8) is 0 Å². The molecule has 0 radical (unpaired) electrons. The standard InChI is InChI=1S/C16H22N2O/c19-16(18-11-9-17-10-12-18)15-7-5-14(6-8-15)13-3-1-2-4-13/h5-8,13,17H,1-4,9-12H2. The zero-order chi connectivity index (χ0) is 13.1. The molecule has 1 N–H and O–H groups in total. The highest BCUT2D eigenvalue weighted by atomic mass is 16.2. The highest BCUT2D eigenvalue weighted by Gasteiger charge is 2.20. The van der Waals surface area contributed by atoms with E-state index >= 15 is 0 Å². The summed E-state index contributed by atoms with van der Waals surface area (Å²) in [6.45, 7) is 3.46. The maximum atomic E-state index is 12.3. The Kier molecular flexibility index (Phi) is 3.83. The summed E-state index contributed by atoms with van der Waals surface area (Å²) in [5.41, 5.74) is 2.25. The average molecular weight is 258 g/mol. The third-order valence-corrected chi connectivity index (χ3v) is 4.39. The number of nitrogens with zero attached hydrogens (tertiary/aromatic N) is 1. The molecule has 1 amide bonds. The summed E-state index contributed by atoms with van der Waals surface area (Å²) >= 11 is 0. The fourth-order valence-corrected chi connectivity index (χ4v) is 3.21. The lowest BCUT2D eigenvalue weighted by Gasteiger charge is -2.27. The van der Waals surface area contributed by atoms with E-state index in [-0.39, 0.29) is 5.91 Å². The van der Waals surface area contributed by atoms with Gasteiger partial charge in [0.1, 0.15) is 0 Å². The van der Waals surface area contributed by atoms with E-state index in [4.69, 9.17) is 0 Å². The van der Waals surface area contributed by atoms with Crippen LogP contribution in [-0.2, 0) is 0 Å². The predicted molar refractivity (Wildman–Crippen MR) is 76.4 cm³/mol. The SMILES string of the molecule is O=C(c1ccc(C2CCCC2)cc1)N1CCNCC1. The van der Waals surface area contributed by atoms with Crippen LogP contribution < -0.4 is 5.32 Å². The molecule has 1 heterocycles. The van der Waals surface area contributed by atoms with Crippen LogP contribution in [0.4, 0.5) is 0 Å². The van der Waals surface area contributed by atoms with Crippen LogP contribution in [0.1, 0.15) is 47.5 Å². The average Bonchev–Trinajstić information content (AvgIpc) is 3.02. The molecule has 0 unspecified atom stereocenters. The number of hydrogen-bond donors (Lipinski definition) is 1. The Morgan fingerprint density at radius 1 is 1.05 bits per heavy atom. The van der Waals surface area contributed by atoms with Crippen molar-refractivity contribution in [2.75, 3.05) is 26.2 Å². The molecule has 102 valence electrons. The second-order valence-electron chi connectivity index (χ2n) is 5.65. The van der Waals surface area contributed by atoms with E-state index in [1.807, 2.05) is 17.0 Å². The van der Waals surface area contributed by atoms with Crippen LogP contribution in [-0.4, -0.2) is 37.0 Å². The van der Waals surface area contributed by atoms with Crippen LogP contribution in [0.3, 0.4) is 0 Å². The Morgan fingerprint density at radius 3 is 2.32 bits per heavy atom. The van der Waals surface area contributed by atoms with E-state index in [1.165, 1.54) is 31.2 Å². The highest BCUT2D eigenvalue weighted by Crippen LogP contribution is 2.34. The monoisotopic (exact) mass is 258 g/mol. The van der Waals surface area contributed by atoms with E-state index in [2.05, 4.69) is 17.4 Å². The molecule has 1 aromatic rings. The number of carbonyl (C=O) groups is 1. The van der Waals surface area contributed by atoms with Crippen LogP contribution >= 0.6 is 0 Å². The molecule has 0 atom stereocenters. The van der Waals surface area contributed by atoms with Crippen molar-refractivity contribution in [2.45, 2.75) is 31.6 Å². The van der Waals surface area contributed by atoms with Crippen LogP contribution in [0.5, 0.6) is 0 Å². The van der Waals surface area contributed by atoms with E-state index in [9.17, 15) is 4.79 Å². The van der Waals surface area contributed by atoms with E-state index < -0.39 is 0 Å². The number of piperazine rings is 1. The highest BCUT2D eigenvalue weighted by molar-refractivity contribution is 5.94. The van der Waals surface area contributed by atoms with Gasteiger partial charge in [-0.1, -0.05) is 25.0 Å². The third kappa shape index (κ3) is 2.81. The van der Waals surface area contributed by atoms with Gasteiger partial charge >= 0.3 is 0 Å². The van der Waals surface area contributed by atoms with Gasteiger partial charge in [0.25, 0.3) is 5.91 Å². The summed E-state index contributed by atoms with van der Waals surface area (Å²) in [6, 6.07) is 8.34. The lowest BCUT2D eigenvalue weighted by Crippen LogP contribution is -2.46. The molecule has 0 spiro atoms. The summed E-state index contributed by atoms with van der Waals surface area (Å²) in [7, 11) is 0. The molecule has 2 aliphatic rings. The van der Waals surface area contributed by atoms with E-state index in [0.717, 1.165) is 37.7 Å². The Morgan fingerprint density at radius 2 is 1.68 bits per heavy atom. The molecule has 1 saturated heterocycles. The van der Waals surface area contributed by atoms with Crippen molar-refractivity contribution in [3.05, 3.63) is 35.4 Å². The maximum Gasteiger partial charge on any atom is 0.253 e.